The lowest BCUT2D eigenvalue weighted by Crippen LogP contribution is -2.19. The zero-order chi connectivity index (χ0) is 12.3. The fraction of sp³-hybridized carbons (Fsp3) is 0.300. The molecule has 0 fully saturated rings. The predicted molar refractivity (Wildman–Crippen MR) is 66.6 cm³/mol. The highest BCUT2D eigenvalue weighted by atomic mass is 79.9. The lowest BCUT2D eigenvalue weighted by Gasteiger charge is -2.07. The number of nitrogens with one attached hydrogen (secondary N) is 1. The minimum Gasteiger partial charge on any atom is -0.325 e. The van der Waals surface area contributed by atoms with Crippen molar-refractivity contribution in [2.24, 2.45) is 0 Å². The third-order valence-corrected chi connectivity index (χ3v) is 3.42. The maximum atomic E-state index is 11.4. The number of amides is 1. The van der Waals surface area contributed by atoms with Gasteiger partial charge in [0.15, 0.2) is 9.84 Å². The van der Waals surface area contributed by atoms with E-state index in [1.54, 1.807) is 19.1 Å². The van der Waals surface area contributed by atoms with Gasteiger partial charge < -0.3 is 5.32 Å². The third-order valence-electron chi connectivity index (χ3n) is 1.89. The van der Waals surface area contributed by atoms with Crippen LogP contribution in [0.1, 0.15) is 6.92 Å². The van der Waals surface area contributed by atoms with Gasteiger partial charge in [-0.2, -0.15) is 0 Å². The molecular formula is C10H12BrNO3S. The van der Waals surface area contributed by atoms with Gasteiger partial charge >= 0.3 is 0 Å². The lowest BCUT2D eigenvalue weighted by atomic mass is 10.3. The van der Waals surface area contributed by atoms with E-state index in [9.17, 15) is 13.2 Å². The maximum absolute atomic E-state index is 11.4. The number of hydrogen-bond donors (Lipinski definition) is 1. The number of carbonyl (C=O) groups excluding carboxylic acids is 1. The van der Waals surface area contributed by atoms with E-state index in [2.05, 4.69) is 21.2 Å². The summed E-state index contributed by atoms with van der Waals surface area (Å²) in [7, 11) is -3.24. The summed E-state index contributed by atoms with van der Waals surface area (Å²) in [6.07, 6.45) is 1.13. The van der Waals surface area contributed by atoms with Crippen LogP contribution in [0.25, 0.3) is 0 Å². The second kappa shape index (κ2) is 4.97. The van der Waals surface area contributed by atoms with Crippen LogP contribution in [-0.2, 0) is 14.6 Å². The van der Waals surface area contributed by atoms with E-state index < -0.39 is 9.84 Å². The molecule has 0 heterocycles. The van der Waals surface area contributed by atoms with Crippen molar-refractivity contribution in [3.05, 3.63) is 24.3 Å². The summed E-state index contributed by atoms with van der Waals surface area (Å²) in [4.78, 5) is 11.2. The smallest absolute Gasteiger partial charge is 0.237 e. The first-order valence-electron chi connectivity index (χ1n) is 4.56. The van der Waals surface area contributed by atoms with Crippen LogP contribution in [0.3, 0.4) is 0 Å². The number of sulfone groups is 1. The van der Waals surface area contributed by atoms with Crippen LogP contribution < -0.4 is 5.32 Å². The molecule has 1 amide bonds. The van der Waals surface area contributed by atoms with Crippen molar-refractivity contribution in [2.45, 2.75) is 16.6 Å². The van der Waals surface area contributed by atoms with E-state index in [1.807, 2.05) is 0 Å². The highest BCUT2D eigenvalue weighted by Crippen LogP contribution is 2.16. The Morgan fingerprint density at radius 2 is 2.06 bits per heavy atom. The fourth-order valence-electron chi connectivity index (χ4n) is 1.05. The number of benzene rings is 1. The van der Waals surface area contributed by atoms with Gasteiger partial charge in [-0.1, -0.05) is 22.0 Å². The summed E-state index contributed by atoms with van der Waals surface area (Å²) in [6, 6.07) is 6.15. The van der Waals surface area contributed by atoms with Crippen LogP contribution in [0.15, 0.2) is 29.2 Å². The normalized spacial score (nSPS) is 13.2. The van der Waals surface area contributed by atoms with Gasteiger partial charge in [-0.05, 0) is 25.1 Å². The van der Waals surface area contributed by atoms with E-state index in [1.165, 1.54) is 12.1 Å². The molecule has 1 aromatic rings. The molecule has 16 heavy (non-hydrogen) atoms. The monoisotopic (exact) mass is 305 g/mol. The Kier molecular flexibility index (Phi) is 4.09. The van der Waals surface area contributed by atoms with Gasteiger partial charge in [0, 0.05) is 11.9 Å². The molecule has 88 valence electrons. The van der Waals surface area contributed by atoms with Gasteiger partial charge in [-0.25, -0.2) is 8.42 Å². The second-order valence-corrected chi connectivity index (χ2v) is 6.79. The summed E-state index contributed by atoms with van der Waals surface area (Å²) in [5.74, 6) is -0.217. The Morgan fingerprint density at radius 1 is 1.44 bits per heavy atom. The van der Waals surface area contributed by atoms with Crippen LogP contribution >= 0.6 is 15.9 Å². The Labute approximate surface area is 103 Å². The van der Waals surface area contributed by atoms with Crippen molar-refractivity contribution in [3.8, 4) is 0 Å². The van der Waals surface area contributed by atoms with Gasteiger partial charge in [0.2, 0.25) is 5.91 Å². The van der Waals surface area contributed by atoms with Crippen LogP contribution in [0.5, 0.6) is 0 Å². The first-order chi connectivity index (χ1) is 7.30. The molecular weight excluding hydrogens is 294 g/mol. The molecule has 1 unspecified atom stereocenters. The fourth-order valence-corrected chi connectivity index (χ4v) is 1.83. The topological polar surface area (TPSA) is 63.2 Å². The summed E-state index contributed by atoms with van der Waals surface area (Å²) < 4.78 is 22.6. The Hall–Kier alpha value is -0.880. The van der Waals surface area contributed by atoms with Crippen LogP contribution in [0.2, 0.25) is 0 Å². The minimum atomic E-state index is -3.24. The van der Waals surface area contributed by atoms with Crippen LogP contribution in [0.4, 0.5) is 5.69 Å². The van der Waals surface area contributed by atoms with Gasteiger partial charge in [0.25, 0.3) is 0 Å². The molecule has 0 aliphatic heterocycles. The van der Waals surface area contributed by atoms with Crippen molar-refractivity contribution < 1.29 is 13.2 Å². The first kappa shape index (κ1) is 13.2. The summed E-state index contributed by atoms with van der Waals surface area (Å²) in [6.45, 7) is 1.69. The molecule has 0 aromatic heterocycles. The largest absolute Gasteiger partial charge is 0.325 e. The van der Waals surface area contributed by atoms with Gasteiger partial charge in [-0.15, -0.1) is 0 Å². The molecule has 4 nitrogen and oxygen atoms in total. The van der Waals surface area contributed by atoms with Gasteiger partial charge in [-0.3, -0.25) is 4.79 Å². The van der Waals surface area contributed by atoms with Crippen molar-refractivity contribution in [1.29, 1.82) is 0 Å². The molecule has 6 heteroatoms. The molecule has 0 spiro atoms. The number of anilines is 1. The Morgan fingerprint density at radius 3 is 2.56 bits per heavy atom. The van der Waals surface area contributed by atoms with Gasteiger partial charge in [0.05, 0.1) is 9.72 Å². The zero-order valence-electron chi connectivity index (χ0n) is 8.90. The van der Waals surface area contributed by atoms with Crippen molar-refractivity contribution >= 4 is 37.4 Å². The molecule has 0 aliphatic carbocycles. The number of halogens is 1. The number of hydrogen-bond acceptors (Lipinski definition) is 3. The molecule has 0 saturated heterocycles. The van der Waals surface area contributed by atoms with E-state index in [-0.39, 0.29) is 15.6 Å². The van der Waals surface area contributed by atoms with E-state index in [4.69, 9.17) is 0 Å². The predicted octanol–water partition coefficient (Wildman–Crippen LogP) is 1.81. The average Bonchev–Trinajstić information content (AvgIpc) is 2.16. The lowest BCUT2D eigenvalue weighted by molar-refractivity contribution is -0.115. The number of carbonyl (C=O) groups is 1. The quantitative estimate of drug-likeness (QED) is 0.866. The molecule has 0 radical (unpaired) electrons. The van der Waals surface area contributed by atoms with Crippen molar-refractivity contribution in [2.75, 3.05) is 11.6 Å². The maximum Gasteiger partial charge on any atom is 0.237 e. The van der Waals surface area contributed by atoms with E-state index >= 15 is 0 Å². The average molecular weight is 306 g/mol. The summed E-state index contributed by atoms with van der Waals surface area (Å²) in [5, 5.41) is 2.60. The molecule has 0 bridgehead atoms. The molecule has 1 N–H and O–H groups in total. The number of rotatable bonds is 3. The van der Waals surface area contributed by atoms with E-state index in [0.29, 0.717) is 5.69 Å². The first-order valence-corrected chi connectivity index (χ1v) is 7.36. The standard InChI is InChI=1S/C10H12BrNO3S/c1-7(11)10(13)12-8-4-3-5-9(6-8)16(2,14)15/h3-7H,1-2H3,(H,12,13). The highest BCUT2D eigenvalue weighted by Gasteiger charge is 2.11. The molecule has 0 saturated carbocycles. The Bertz CT molecular complexity index is 497. The van der Waals surface area contributed by atoms with Crippen LogP contribution in [0, 0.1) is 0 Å². The number of alkyl halides is 1. The highest BCUT2D eigenvalue weighted by molar-refractivity contribution is 9.10. The van der Waals surface area contributed by atoms with Gasteiger partial charge in [0.1, 0.15) is 0 Å². The SMILES string of the molecule is CC(Br)C(=O)Nc1cccc(S(C)(=O)=O)c1. The van der Waals surface area contributed by atoms with Crippen molar-refractivity contribution in [1.82, 2.24) is 0 Å². The molecule has 1 aromatic carbocycles. The second-order valence-electron chi connectivity index (χ2n) is 3.41. The molecule has 1 rings (SSSR count). The Balaban J connectivity index is 2.96. The zero-order valence-corrected chi connectivity index (χ0v) is 11.3. The summed E-state index contributed by atoms with van der Waals surface area (Å²) in [5.41, 5.74) is 0.472. The third kappa shape index (κ3) is 3.61. The van der Waals surface area contributed by atoms with Crippen molar-refractivity contribution in [3.63, 3.8) is 0 Å². The van der Waals surface area contributed by atoms with E-state index in [0.717, 1.165) is 6.26 Å². The molecule has 1 atom stereocenters. The molecule has 0 aliphatic rings. The van der Waals surface area contributed by atoms with Crippen LogP contribution in [-0.4, -0.2) is 25.4 Å². The summed E-state index contributed by atoms with van der Waals surface area (Å²) >= 11 is 3.12. The minimum absolute atomic E-state index is 0.188.